The molecule has 0 aliphatic carbocycles. The van der Waals surface area contributed by atoms with Gasteiger partial charge in [0.2, 0.25) is 0 Å². The summed E-state index contributed by atoms with van der Waals surface area (Å²) >= 11 is 11.6. The van der Waals surface area contributed by atoms with Crippen molar-refractivity contribution in [1.29, 1.82) is 0 Å². The molecule has 1 heterocycles. The zero-order valence-electron chi connectivity index (χ0n) is 9.21. The van der Waals surface area contributed by atoms with E-state index in [2.05, 4.69) is 9.72 Å². The van der Waals surface area contributed by atoms with Crippen LogP contribution in [0.4, 0.5) is 13.2 Å². The van der Waals surface area contributed by atoms with Gasteiger partial charge in [-0.3, -0.25) is 4.98 Å². The van der Waals surface area contributed by atoms with Gasteiger partial charge in [-0.05, 0) is 18.2 Å². The molecule has 0 saturated carbocycles. The minimum Gasteiger partial charge on any atom is -0.405 e. The molecule has 1 aromatic heterocycles. The van der Waals surface area contributed by atoms with E-state index in [1.54, 1.807) is 6.07 Å². The maximum absolute atomic E-state index is 12.3. The monoisotopic (exact) mass is 307 g/mol. The van der Waals surface area contributed by atoms with E-state index >= 15 is 0 Å². The van der Waals surface area contributed by atoms with Crippen molar-refractivity contribution in [3.8, 4) is 17.0 Å². The molecule has 0 amide bonds. The van der Waals surface area contributed by atoms with E-state index in [9.17, 15) is 13.2 Å². The maximum atomic E-state index is 12.3. The number of para-hydroxylation sites is 1. The molecule has 0 saturated heterocycles. The number of halogens is 5. The SMILES string of the molecule is FC(F)(F)Oc1ccccc1-c1ncc(Cl)cc1Cl. The minimum absolute atomic E-state index is 0.140. The molecular formula is C12H6Cl2F3NO. The first kappa shape index (κ1) is 14.0. The lowest BCUT2D eigenvalue weighted by Crippen LogP contribution is -2.17. The van der Waals surface area contributed by atoms with E-state index in [0.29, 0.717) is 5.02 Å². The fourth-order valence-electron chi connectivity index (χ4n) is 1.49. The predicted molar refractivity (Wildman–Crippen MR) is 66.4 cm³/mol. The van der Waals surface area contributed by atoms with Crippen LogP contribution in [0.2, 0.25) is 10.0 Å². The van der Waals surface area contributed by atoms with Gasteiger partial charge in [0.15, 0.2) is 0 Å². The van der Waals surface area contributed by atoms with Crippen molar-refractivity contribution in [2.24, 2.45) is 0 Å². The number of nitrogens with zero attached hydrogens (tertiary/aromatic N) is 1. The highest BCUT2D eigenvalue weighted by Gasteiger charge is 2.32. The van der Waals surface area contributed by atoms with Crippen LogP contribution in [-0.4, -0.2) is 11.3 Å². The molecule has 0 aliphatic heterocycles. The first-order chi connectivity index (χ1) is 8.87. The fraction of sp³-hybridized carbons (Fsp3) is 0.0833. The highest BCUT2D eigenvalue weighted by molar-refractivity contribution is 6.36. The second-order valence-corrected chi connectivity index (χ2v) is 4.37. The third kappa shape index (κ3) is 3.52. The lowest BCUT2D eigenvalue weighted by atomic mass is 10.1. The van der Waals surface area contributed by atoms with Crippen molar-refractivity contribution in [3.05, 3.63) is 46.6 Å². The number of rotatable bonds is 2. The van der Waals surface area contributed by atoms with Crippen molar-refractivity contribution >= 4 is 23.2 Å². The number of benzene rings is 1. The Bertz CT molecular complexity index is 602. The van der Waals surface area contributed by atoms with Gasteiger partial charge < -0.3 is 4.74 Å². The standard InChI is InChI=1S/C12H6Cl2F3NO/c13-7-5-9(14)11(18-6-7)8-3-1-2-4-10(8)19-12(15,16)17/h1-6H. The molecular weight excluding hydrogens is 302 g/mol. The van der Waals surface area contributed by atoms with Gasteiger partial charge >= 0.3 is 6.36 Å². The molecule has 2 nitrogen and oxygen atoms in total. The van der Waals surface area contributed by atoms with Crippen LogP contribution in [0.5, 0.6) is 5.75 Å². The normalized spacial score (nSPS) is 11.4. The van der Waals surface area contributed by atoms with Crippen LogP contribution >= 0.6 is 23.2 Å². The molecule has 0 unspecified atom stereocenters. The van der Waals surface area contributed by atoms with Crippen LogP contribution in [0.3, 0.4) is 0 Å². The summed E-state index contributed by atoms with van der Waals surface area (Å²) in [6, 6.07) is 7.01. The second-order valence-electron chi connectivity index (χ2n) is 3.53. The van der Waals surface area contributed by atoms with Crippen molar-refractivity contribution in [2.75, 3.05) is 0 Å². The molecule has 2 aromatic rings. The van der Waals surface area contributed by atoms with Gasteiger partial charge in [0, 0.05) is 11.8 Å². The average molecular weight is 308 g/mol. The summed E-state index contributed by atoms with van der Waals surface area (Å²) in [4.78, 5) is 3.93. The summed E-state index contributed by atoms with van der Waals surface area (Å²) in [5.74, 6) is -0.369. The third-order valence-corrected chi connectivity index (χ3v) is 2.67. The van der Waals surface area contributed by atoms with Crippen molar-refractivity contribution in [1.82, 2.24) is 4.98 Å². The van der Waals surface area contributed by atoms with E-state index in [4.69, 9.17) is 23.2 Å². The number of alkyl halides is 3. The van der Waals surface area contributed by atoms with E-state index in [1.165, 1.54) is 30.5 Å². The zero-order valence-corrected chi connectivity index (χ0v) is 10.7. The van der Waals surface area contributed by atoms with Crippen LogP contribution in [0.15, 0.2) is 36.5 Å². The predicted octanol–water partition coefficient (Wildman–Crippen LogP) is 4.95. The Hall–Kier alpha value is -1.46. The van der Waals surface area contributed by atoms with E-state index < -0.39 is 6.36 Å². The van der Waals surface area contributed by atoms with Gasteiger partial charge in [0.1, 0.15) is 5.75 Å². The van der Waals surface area contributed by atoms with Gasteiger partial charge in [0.25, 0.3) is 0 Å². The smallest absolute Gasteiger partial charge is 0.405 e. The Morgan fingerprint density at radius 3 is 2.42 bits per heavy atom. The van der Waals surface area contributed by atoms with Crippen LogP contribution in [0.25, 0.3) is 11.3 Å². The Morgan fingerprint density at radius 2 is 1.79 bits per heavy atom. The quantitative estimate of drug-likeness (QED) is 0.783. The number of aromatic nitrogens is 1. The van der Waals surface area contributed by atoms with Gasteiger partial charge in [0.05, 0.1) is 15.7 Å². The summed E-state index contributed by atoms with van der Waals surface area (Å²) in [7, 11) is 0. The summed E-state index contributed by atoms with van der Waals surface area (Å²) in [6.45, 7) is 0. The maximum Gasteiger partial charge on any atom is 0.573 e. The van der Waals surface area contributed by atoms with Crippen LogP contribution in [-0.2, 0) is 0 Å². The Labute approximate surface area is 116 Å². The number of pyridine rings is 1. The molecule has 7 heteroatoms. The molecule has 0 bridgehead atoms. The Morgan fingerprint density at radius 1 is 1.11 bits per heavy atom. The van der Waals surface area contributed by atoms with Gasteiger partial charge in [-0.25, -0.2) is 0 Å². The zero-order chi connectivity index (χ0) is 14.0. The highest BCUT2D eigenvalue weighted by Crippen LogP contribution is 2.36. The molecule has 19 heavy (non-hydrogen) atoms. The summed E-state index contributed by atoms with van der Waals surface area (Å²) in [5.41, 5.74) is 0.312. The van der Waals surface area contributed by atoms with E-state index in [1.807, 2.05) is 0 Å². The van der Waals surface area contributed by atoms with Crippen molar-refractivity contribution < 1.29 is 17.9 Å². The number of hydrogen-bond acceptors (Lipinski definition) is 2. The largest absolute Gasteiger partial charge is 0.573 e. The molecule has 0 aliphatic rings. The Balaban J connectivity index is 2.50. The number of ether oxygens (including phenoxy) is 1. The van der Waals surface area contributed by atoms with Crippen LogP contribution in [0, 0.1) is 0 Å². The lowest BCUT2D eigenvalue weighted by molar-refractivity contribution is -0.274. The molecule has 100 valence electrons. The number of hydrogen-bond donors (Lipinski definition) is 0. The molecule has 0 atom stereocenters. The first-order valence-electron chi connectivity index (χ1n) is 5.03. The van der Waals surface area contributed by atoms with Crippen molar-refractivity contribution in [2.45, 2.75) is 6.36 Å². The molecule has 0 radical (unpaired) electrons. The van der Waals surface area contributed by atoms with Gasteiger partial charge in [-0.2, -0.15) is 0 Å². The highest BCUT2D eigenvalue weighted by atomic mass is 35.5. The lowest BCUT2D eigenvalue weighted by Gasteiger charge is -2.13. The van der Waals surface area contributed by atoms with Crippen molar-refractivity contribution in [3.63, 3.8) is 0 Å². The third-order valence-electron chi connectivity index (χ3n) is 2.18. The molecule has 0 spiro atoms. The van der Waals surface area contributed by atoms with Crippen LogP contribution in [0.1, 0.15) is 0 Å². The first-order valence-corrected chi connectivity index (χ1v) is 5.78. The fourth-order valence-corrected chi connectivity index (χ4v) is 1.97. The topological polar surface area (TPSA) is 22.1 Å². The van der Waals surface area contributed by atoms with E-state index in [0.717, 1.165) is 0 Å². The molecule has 0 N–H and O–H groups in total. The summed E-state index contributed by atoms with van der Waals surface area (Å²) in [6.07, 6.45) is -3.48. The second kappa shape index (κ2) is 5.27. The van der Waals surface area contributed by atoms with Gasteiger partial charge in [-0.15, -0.1) is 13.2 Å². The van der Waals surface area contributed by atoms with Crippen LogP contribution < -0.4 is 4.74 Å². The Kier molecular flexibility index (Phi) is 3.87. The summed E-state index contributed by atoms with van der Waals surface area (Å²) in [5, 5.41) is 0.439. The van der Waals surface area contributed by atoms with E-state index in [-0.39, 0.29) is 22.0 Å². The van der Waals surface area contributed by atoms with Gasteiger partial charge in [-0.1, -0.05) is 35.3 Å². The molecule has 0 fully saturated rings. The summed E-state index contributed by atoms with van der Waals surface area (Å²) < 4.78 is 40.9. The molecule has 1 aromatic carbocycles. The average Bonchev–Trinajstić information content (AvgIpc) is 2.28. The molecule has 2 rings (SSSR count). The minimum atomic E-state index is -4.78.